The summed E-state index contributed by atoms with van der Waals surface area (Å²) in [5.74, 6) is 0. The SMILES string of the molecule is CCC(Cl)CCCCCCCBr. The Balaban J connectivity index is 2.90. The molecule has 0 N–H and O–H groups in total. The van der Waals surface area contributed by atoms with Gasteiger partial charge in [0.05, 0.1) is 0 Å². The van der Waals surface area contributed by atoms with Crippen LogP contribution in [0.4, 0.5) is 0 Å². The van der Waals surface area contributed by atoms with Crippen molar-refractivity contribution in [2.75, 3.05) is 5.33 Å². The van der Waals surface area contributed by atoms with Gasteiger partial charge < -0.3 is 0 Å². The number of rotatable bonds is 8. The first-order valence-corrected chi connectivity index (χ1v) is 6.57. The maximum Gasteiger partial charge on any atom is 0.0333 e. The normalized spacial score (nSPS) is 13.2. The summed E-state index contributed by atoms with van der Waals surface area (Å²) >= 11 is 9.43. The molecule has 0 rings (SSSR count). The molecule has 0 nitrogen and oxygen atoms in total. The lowest BCUT2D eigenvalue weighted by Gasteiger charge is -2.04. The molecule has 0 aliphatic rings. The second-order valence-corrected chi connectivity index (χ2v) is 4.66. The predicted octanol–water partition coefficient (Wildman–Crippen LogP) is 4.74. The molecule has 0 spiro atoms. The van der Waals surface area contributed by atoms with Gasteiger partial charge in [0, 0.05) is 10.7 Å². The Kier molecular flexibility index (Phi) is 10.5. The van der Waals surface area contributed by atoms with Crippen molar-refractivity contribution in [3.05, 3.63) is 0 Å². The molecular formula is C10H20BrCl. The third kappa shape index (κ3) is 8.86. The van der Waals surface area contributed by atoms with Crippen molar-refractivity contribution >= 4 is 27.5 Å². The van der Waals surface area contributed by atoms with E-state index in [1.54, 1.807) is 0 Å². The molecule has 0 fully saturated rings. The van der Waals surface area contributed by atoms with Crippen LogP contribution in [0.25, 0.3) is 0 Å². The van der Waals surface area contributed by atoms with Gasteiger partial charge in [0.2, 0.25) is 0 Å². The minimum atomic E-state index is 0.418. The van der Waals surface area contributed by atoms with Gasteiger partial charge in [-0.15, -0.1) is 11.6 Å². The van der Waals surface area contributed by atoms with Crippen LogP contribution >= 0.6 is 27.5 Å². The van der Waals surface area contributed by atoms with Gasteiger partial charge in [0.25, 0.3) is 0 Å². The molecular weight excluding hydrogens is 235 g/mol. The Bertz CT molecular complexity index is 85.9. The first kappa shape index (κ1) is 12.8. The van der Waals surface area contributed by atoms with Crippen molar-refractivity contribution in [3.63, 3.8) is 0 Å². The average molecular weight is 256 g/mol. The minimum Gasteiger partial charge on any atom is -0.123 e. The number of hydrogen-bond donors (Lipinski definition) is 0. The van der Waals surface area contributed by atoms with E-state index in [2.05, 4.69) is 22.9 Å². The zero-order valence-corrected chi connectivity index (χ0v) is 10.3. The number of unbranched alkanes of at least 4 members (excludes halogenated alkanes) is 4. The fourth-order valence-corrected chi connectivity index (χ4v) is 1.75. The van der Waals surface area contributed by atoms with E-state index in [0.717, 1.165) is 11.8 Å². The van der Waals surface area contributed by atoms with Gasteiger partial charge in [-0.1, -0.05) is 48.5 Å². The molecule has 0 saturated carbocycles. The molecule has 0 aliphatic heterocycles. The standard InChI is InChI=1S/C10H20BrCl/c1-2-10(12)8-6-4-3-5-7-9-11/h10H,2-9H2,1H3. The zero-order valence-electron chi connectivity index (χ0n) is 7.99. The molecule has 12 heavy (non-hydrogen) atoms. The van der Waals surface area contributed by atoms with Gasteiger partial charge in [-0.3, -0.25) is 0 Å². The van der Waals surface area contributed by atoms with Gasteiger partial charge in [-0.2, -0.15) is 0 Å². The van der Waals surface area contributed by atoms with Gasteiger partial charge in [0.1, 0.15) is 0 Å². The second kappa shape index (κ2) is 9.85. The van der Waals surface area contributed by atoms with Crippen molar-refractivity contribution in [1.29, 1.82) is 0 Å². The van der Waals surface area contributed by atoms with Gasteiger partial charge in [-0.05, 0) is 19.3 Å². The first-order valence-electron chi connectivity index (χ1n) is 5.01. The van der Waals surface area contributed by atoms with Crippen LogP contribution in [-0.4, -0.2) is 10.7 Å². The Hall–Kier alpha value is 0.770. The fraction of sp³-hybridized carbons (Fsp3) is 1.00. The van der Waals surface area contributed by atoms with Gasteiger partial charge >= 0.3 is 0 Å². The summed E-state index contributed by atoms with van der Waals surface area (Å²) in [6.07, 6.45) is 9.04. The summed E-state index contributed by atoms with van der Waals surface area (Å²) in [5, 5.41) is 1.57. The summed E-state index contributed by atoms with van der Waals surface area (Å²) in [4.78, 5) is 0. The highest BCUT2D eigenvalue weighted by Crippen LogP contribution is 2.13. The van der Waals surface area contributed by atoms with Crippen molar-refractivity contribution in [2.45, 2.75) is 57.2 Å². The highest BCUT2D eigenvalue weighted by molar-refractivity contribution is 9.09. The van der Waals surface area contributed by atoms with Crippen molar-refractivity contribution < 1.29 is 0 Å². The molecule has 0 aromatic heterocycles. The maximum atomic E-state index is 6.00. The van der Waals surface area contributed by atoms with Crippen LogP contribution in [0.3, 0.4) is 0 Å². The molecule has 1 atom stereocenters. The van der Waals surface area contributed by atoms with E-state index in [4.69, 9.17) is 11.6 Å². The number of halogens is 2. The molecule has 74 valence electrons. The van der Waals surface area contributed by atoms with Crippen molar-refractivity contribution in [1.82, 2.24) is 0 Å². The molecule has 0 aromatic carbocycles. The third-order valence-corrected chi connectivity index (χ3v) is 3.18. The van der Waals surface area contributed by atoms with E-state index in [0.29, 0.717) is 5.38 Å². The second-order valence-electron chi connectivity index (χ2n) is 3.25. The van der Waals surface area contributed by atoms with Crippen LogP contribution in [0.5, 0.6) is 0 Å². The van der Waals surface area contributed by atoms with E-state index in [1.165, 1.54) is 38.5 Å². The quantitative estimate of drug-likeness (QED) is 0.434. The fourth-order valence-electron chi connectivity index (χ4n) is 1.19. The largest absolute Gasteiger partial charge is 0.123 e. The van der Waals surface area contributed by atoms with Crippen molar-refractivity contribution in [2.24, 2.45) is 0 Å². The topological polar surface area (TPSA) is 0 Å². The van der Waals surface area contributed by atoms with Gasteiger partial charge in [-0.25, -0.2) is 0 Å². The van der Waals surface area contributed by atoms with E-state index in [1.807, 2.05) is 0 Å². The van der Waals surface area contributed by atoms with E-state index >= 15 is 0 Å². The Morgan fingerprint density at radius 2 is 1.67 bits per heavy atom. The zero-order chi connectivity index (χ0) is 9.23. The molecule has 0 radical (unpaired) electrons. The van der Waals surface area contributed by atoms with Gasteiger partial charge in [0.15, 0.2) is 0 Å². The van der Waals surface area contributed by atoms with Crippen LogP contribution in [0.2, 0.25) is 0 Å². The van der Waals surface area contributed by atoms with Crippen LogP contribution in [-0.2, 0) is 0 Å². The van der Waals surface area contributed by atoms with Crippen LogP contribution in [0.15, 0.2) is 0 Å². The molecule has 2 heteroatoms. The number of alkyl halides is 2. The summed E-state index contributed by atoms with van der Waals surface area (Å²) < 4.78 is 0. The van der Waals surface area contributed by atoms with E-state index in [9.17, 15) is 0 Å². The molecule has 0 bridgehead atoms. The summed E-state index contributed by atoms with van der Waals surface area (Å²) in [7, 11) is 0. The van der Waals surface area contributed by atoms with Crippen LogP contribution < -0.4 is 0 Å². The molecule has 0 saturated heterocycles. The summed E-state index contributed by atoms with van der Waals surface area (Å²) in [5.41, 5.74) is 0. The lowest BCUT2D eigenvalue weighted by Crippen LogP contribution is -1.95. The molecule has 0 amide bonds. The van der Waals surface area contributed by atoms with E-state index in [-0.39, 0.29) is 0 Å². The summed E-state index contributed by atoms with van der Waals surface area (Å²) in [6, 6.07) is 0. The predicted molar refractivity (Wildman–Crippen MR) is 61.4 cm³/mol. The average Bonchev–Trinajstić information content (AvgIpc) is 2.10. The third-order valence-electron chi connectivity index (χ3n) is 2.09. The highest BCUT2D eigenvalue weighted by Gasteiger charge is 1.99. The Morgan fingerprint density at radius 1 is 1.08 bits per heavy atom. The monoisotopic (exact) mass is 254 g/mol. The van der Waals surface area contributed by atoms with Crippen LogP contribution in [0.1, 0.15) is 51.9 Å². The Labute approximate surface area is 90.2 Å². The molecule has 0 heterocycles. The maximum absolute atomic E-state index is 6.00. The lowest BCUT2D eigenvalue weighted by atomic mass is 10.1. The first-order chi connectivity index (χ1) is 5.81. The highest BCUT2D eigenvalue weighted by atomic mass is 79.9. The molecule has 0 aliphatic carbocycles. The minimum absolute atomic E-state index is 0.418. The number of hydrogen-bond acceptors (Lipinski definition) is 0. The Morgan fingerprint density at radius 3 is 2.25 bits per heavy atom. The smallest absolute Gasteiger partial charge is 0.0333 e. The van der Waals surface area contributed by atoms with Crippen molar-refractivity contribution in [3.8, 4) is 0 Å². The summed E-state index contributed by atoms with van der Waals surface area (Å²) in [6.45, 7) is 2.16. The molecule has 1 unspecified atom stereocenters. The van der Waals surface area contributed by atoms with Crippen LogP contribution in [0, 0.1) is 0 Å². The lowest BCUT2D eigenvalue weighted by molar-refractivity contribution is 0.591. The van der Waals surface area contributed by atoms with E-state index < -0.39 is 0 Å². The molecule has 0 aromatic rings.